The van der Waals surface area contributed by atoms with Crippen LogP contribution in [0.15, 0.2) is 48.5 Å². The van der Waals surface area contributed by atoms with Crippen LogP contribution in [0.25, 0.3) is 0 Å². The predicted molar refractivity (Wildman–Crippen MR) is 89.2 cm³/mol. The number of para-hydroxylation sites is 2. The third-order valence-electron chi connectivity index (χ3n) is 3.50. The first-order valence-electron chi connectivity index (χ1n) is 6.92. The van der Waals surface area contributed by atoms with Crippen molar-refractivity contribution in [3.63, 3.8) is 0 Å². The van der Waals surface area contributed by atoms with Crippen LogP contribution < -0.4 is 15.8 Å². The maximum atomic E-state index is 5.99. The number of rotatable bonds is 6. The van der Waals surface area contributed by atoms with E-state index in [1.165, 1.54) is 5.56 Å². The Morgan fingerprint density at radius 2 is 1.81 bits per heavy atom. The summed E-state index contributed by atoms with van der Waals surface area (Å²) in [6.45, 7) is 2.61. The quantitative estimate of drug-likeness (QED) is 0.855. The summed E-state index contributed by atoms with van der Waals surface area (Å²) in [4.78, 5) is 0. The van der Waals surface area contributed by atoms with Crippen molar-refractivity contribution < 1.29 is 4.74 Å². The van der Waals surface area contributed by atoms with Gasteiger partial charge >= 0.3 is 0 Å². The molecular weight excluding hydrogens is 284 g/mol. The normalized spacial score (nSPS) is 13.5. The average molecular weight is 305 g/mol. The van der Waals surface area contributed by atoms with Gasteiger partial charge in [0.15, 0.2) is 0 Å². The molecule has 0 bridgehead atoms. The second-order valence-corrected chi connectivity index (χ2v) is 5.83. The topological polar surface area (TPSA) is 47.3 Å². The first-order valence-corrected chi connectivity index (χ1v) is 7.30. The van der Waals surface area contributed by atoms with Gasteiger partial charge in [0.2, 0.25) is 0 Å². The summed E-state index contributed by atoms with van der Waals surface area (Å²) in [6.07, 6.45) is 0.804. The number of nitrogens with one attached hydrogen (secondary N) is 1. The molecule has 112 valence electrons. The van der Waals surface area contributed by atoms with E-state index in [4.69, 9.17) is 22.1 Å². The molecule has 2 rings (SSSR count). The highest BCUT2D eigenvalue weighted by Gasteiger charge is 2.24. The van der Waals surface area contributed by atoms with E-state index < -0.39 is 0 Å². The maximum absolute atomic E-state index is 5.99. The number of hydrogen-bond donors (Lipinski definition) is 2. The van der Waals surface area contributed by atoms with E-state index in [1.54, 1.807) is 7.11 Å². The van der Waals surface area contributed by atoms with E-state index in [1.807, 2.05) is 48.5 Å². The maximum Gasteiger partial charge on any atom is 0.141 e. The van der Waals surface area contributed by atoms with Gasteiger partial charge in [-0.05, 0) is 43.2 Å². The van der Waals surface area contributed by atoms with Crippen LogP contribution in [0.3, 0.4) is 0 Å². The SMILES string of the molecule is COc1ccccc1NC(C)(CN)Cc1ccc(Cl)cc1. The largest absolute Gasteiger partial charge is 0.495 e. The van der Waals surface area contributed by atoms with Crippen LogP contribution in [0.5, 0.6) is 5.75 Å². The summed E-state index contributed by atoms with van der Waals surface area (Å²) >= 11 is 5.93. The van der Waals surface area contributed by atoms with Crippen molar-refractivity contribution in [2.24, 2.45) is 5.73 Å². The van der Waals surface area contributed by atoms with Gasteiger partial charge in [0, 0.05) is 11.6 Å². The average Bonchev–Trinajstić information content (AvgIpc) is 2.50. The van der Waals surface area contributed by atoms with E-state index in [2.05, 4.69) is 12.2 Å². The van der Waals surface area contributed by atoms with Gasteiger partial charge < -0.3 is 15.8 Å². The van der Waals surface area contributed by atoms with Gasteiger partial charge in [-0.15, -0.1) is 0 Å². The minimum Gasteiger partial charge on any atom is -0.495 e. The van der Waals surface area contributed by atoms with Crippen molar-refractivity contribution in [3.8, 4) is 5.75 Å². The zero-order chi connectivity index (χ0) is 15.3. The number of benzene rings is 2. The van der Waals surface area contributed by atoms with E-state index >= 15 is 0 Å². The number of ether oxygens (including phenoxy) is 1. The Morgan fingerprint density at radius 3 is 2.43 bits per heavy atom. The number of halogens is 1. The molecule has 0 amide bonds. The molecule has 0 radical (unpaired) electrons. The van der Waals surface area contributed by atoms with Crippen molar-refractivity contribution in [2.45, 2.75) is 18.9 Å². The minimum absolute atomic E-state index is 0.261. The molecule has 0 saturated heterocycles. The van der Waals surface area contributed by atoms with Gasteiger partial charge in [-0.1, -0.05) is 35.9 Å². The van der Waals surface area contributed by atoms with Crippen molar-refractivity contribution in [1.29, 1.82) is 0 Å². The Hall–Kier alpha value is -1.71. The summed E-state index contributed by atoms with van der Waals surface area (Å²) in [6, 6.07) is 15.7. The Balaban J connectivity index is 2.18. The second-order valence-electron chi connectivity index (χ2n) is 5.39. The summed E-state index contributed by atoms with van der Waals surface area (Å²) in [5, 5.41) is 4.25. The van der Waals surface area contributed by atoms with Gasteiger partial charge in [0.1, 0.15) is 5.75 Å². The molecule has 0 fully saturated rings. The summed E-state index contributed by atoms with van der Waals surface area (Å²) < 4.78 is 5.38. The van der Waals surface area contributed by atoms with Crippen molar-refractivity contribution >= 4 is 17.3 Å². The van der Waals surface area contributed by atoms with Crippen LogP contribution in [0.1, 0.15) is 12.5 Å². The number of nitrogens with two attached hydrogens (primary N) is 1. The Morgan fingerprint density at radius 1 is 1.14 bits per heavy atom. The minimum atomic E-state index is -0.261. The lowest BCUT2D eigenvalue weighted by atomic mass is 9.92. The summed E-state index contributed by atoms with van der Waals surface area (Å²) in [7, 11) is 1.67. The van der Waals surface area contributed by atoms with Crippen LogP contribution in [-0.4, -0.2) is 19.2 Å². The Labute approximate surface area is 131 Å². The van der Waals surface area contributed by atoms with E-state index in [0.29, 0.717) is 6.54 Å². The molecule has 3 N–H and O–H groups in total. The van der Waals surface area contributed by atoms with E-state index in [9.17, 15) is 0 Å². The highest BCUT2D eigenvalue weighted by Crippen LogP contribution is 2.28. The molecule has 1 unspecified atom stereocenters. The van der Waals surface area contributed by atoms with Crippen LogP contribution in [0.2, 0.25) is 5.02 Å². The second kappa shape index (κ2) is 6.83. The van der Waals surface area contributed by atoms with Crippen LogP contribution >= 0.6 is 11.6 Å². The molecule has 1 atom stereocenters. The summed E-state index contributed by atoms with van der Waals surface area (Å²) in [5.41, 5.74) is 7.87. The zero-order valence-corrected chi connectivity index (χ0v) is 13.2. The number of anilines is 1. The van der Waals surface area contributed by atoms with Crippen LogP contribution in [0, 0.1) is 0 Å². The number of methoxy groups -OCH3 is 1. The lowest BCUT2D eigenvalue weighted by Crippen LogP contribution is -2.44. The summed E-state index contributed by atoms with van der Waals surface area (Å²) in [5.74, 6) is 0.813. The first-order chi connectivity index (χ1) is 10.1. The lowest BCUT2D eigenvalue weighted by molar-refractivity contribution is 0.413. The van der Waals surface area contributed by atoms with Gasteiger partial charge in [-0.3, -0.25) is 0 Å². The molecule has 0 spiro atoms. The molecule has 2 aromatic carbocycles. The molecule has 0 saturated carbocycles. The van der Waals surface area contributed by atoms with Gasteiger partial charge in [-0.25, -0.2) is 0 Å². The van der Waals surface area contributed by atoms with Crippen LogP contribution in [-0.2, 0) is 6.42 Å². The highest BCUT2D eigenvalue weighted by atomic mass is 35.5. The molecule has 0 heterocycles. The van der Waals surface area contributed by atoms with Crippen molar-refractivity contribution in [2.75, 3.05) is 19.0 Å². The molecule has 0 aliphatic rings. The van der Waals surface area contributed by atoms with Crippen molar-refractivity contribution in [1.82, 2.24) is 0 Å². The zero-order valence-electron chi connectivity index (χ0n) is 12.4. The fourth-order valence-corrected chi connectivity index (χ4v) is 2.42. The fourth-order valence-electron chi connectivity index (χ4n) is 2.29. The number of hydrogen-bond acceptors (Lipinski definition) is 3. The van der Waals surface area contributed by atoms with Gasteiger partial charge in [0.05, 0.1) is 18.3 Å². The highest BCUT2D eigenvalue weighted by molar-refractivity contribution is 6.30. The van der Waals surface area contributed by atoms with E-state index in [-0.39, 0.29) is 5.54 Å². The molecule has 3 nitrogen and oxygen atoms in total. The first kappa shape index (κ1) is 15.7. The third-order valence-corrected chi connectivity index (χ3v) is 3.75. The Kier molecular flexibility index (Phi) is 5.10. The van der Waals surface area contributed by atoms with Crippen molar-refractivity contribution in [3.05, 3.63) is 59.1 Å². The van der Waals surface area contributed by atoms with Gasteiger partial charge in [0.25, 0.3) is 0 Å². The third kappa shape index (κ3) is 4.13. The standard InChI is InChI=1S/C17H21ClN2O/c1-17(12-19,11-13-7-9-14(18)10-8-13)20-15-5-3-4-6-16(15)21-2/h3-10,20H,11-12,19H2,1-2H3. The molecule has 0 aromatic heterocycles. The molecule has 2 aromatic rings. The Bertz CT molecular complexity index is 586. The molecule has 21 heavy (non-hydrogen) atoms. The predicted octanol–water partition coefficient (Wildman–Crippen LogP) is 3.72. The molecular formula is C17H21ClN2O. The fraction of sp³-hybridized carbons (Fsp3) is 0.294. The molecule has 0 aliphatic heterocycles. The van der Waals surface area contributed by atoms with Gasteiger partial charge in [-0.2, -0.15) is 0 Å². The molecule has 4 heteroatoms. The smallest absolute Gasteiger partial charge is 0.141 e. The van der Waals surface area contributed by atoms with Crippen LogP contribution in [0.4, 0.5) is 5.69 Å². The van der Waals surface area contributed by atoms with E-state index in [0.717, 1.165) is 22.9 Å². The molecule has 0 aliphatic carbocycles. The lowest BCUT2D eigenvalue weighted by Gasteiger charge is -2.31. The monoisotopic (exact) mass is 304 g/mol.